The molecule has 1 N–H and O–H groups in total. The molecule has 0 saturated carbocycles. The third kappa shape index (κ3) is 2.58. The lowest BCUT2D eigenvalue weighted by Crippen LogP contribution is -2.07. The van der Waals surface area contributed by atoms with E-state index in [0.717, 1.165) is 16.5 Å². The lowest BCUT2D eigenvalue weighted by molar-refractivity contribution is -0.114. The van der Waals surface area contributed by atoms with E-state index in [4.69, 9.17) is 5.26 Å². The number of anilines is 1. The SMILES string of the molecule is CC(=O)Nc1ccc2ccc(CC#N)cc2n1. The van der Waals surface area contributed by atoms with Crippen molar-refractivity contribution in [1.29, 1.82) is 5.26 Å². The van der Waals surface area contributed by atoms with Crippen LogP contribution in [0.2, 0.25) is 0 Å². The molecule has 4 nitrogen and oxygen atoms in total. The van der Waals surface area contributed by atoms with Gasteiger partial charge < -0.3 is 5.32 Å². The molecule has 2 aromatic rings. The number of nitrogens with one attached hydrogen (secondary N) is 1. The zero-order valence-electron chi connectivity index (χ0n) is 9.40. The molecule has 1 aromatic carbocycles. The highest BCUT2D eigenvalue weighted by Crippen LogP contribution is 2.17. The Hall–Kier alpha value is -2.41. The maximum Gasteiger partial charge on any atom is 0.222 e. The minimum Gasteiger partial charge on any atom is -0.311 e. The Balaban J connectivity index is 2.43. The first-order valence-electron chi connectivity index (χ1n) is 5.23. The van der Waals surface area contributed by atoms with E-state index in [1.807, 2.05) is 24.3 Å². The zero-order valence-corrected chi connectivity index (χ0v) is 9.40. The molecule has 84 valence electrons. The number of carbonyl (C=O) groups is 1. The number of amides is 1. The van der Waals surface area contributed by atoms with E-state index in [0.29, 0.717) is 12.2 Å². The molecule has 0 saturated heterocycles. The highest BCUT2D eigenvalue weighted by molar-refractivity contribution is 5.89. The van der Waals surface area contributed by atoms with Crippen molar-refractivity contribution >= 4 is 22.6 Å². The van der Waals surface area contributed by atoms with Crippen LogP contribution in [0.4, 0.5) is 5.82 Å². The van der Waals surface area contributed by atoms with E-state index in [1.54, 1.807) is 6.07 Å². The summed E-state index contributed by atoms with van der Waals surface area (Å²) in [6.45, 7) is 1.44. The third-order valence-corrected chi connectivity index (χ3v) is 2.34. The summed E-state index contributed by atoms with van der Waals surface area (Å²) in [5, 5.41) is 12.3. The van der Waals surface area contributed by atoms with Crippen molar-refractivity contribution in [2.24, 2.45) is 0 Å². The van der Waals surface area contributed by atoms with Crippen molar-refractivity contribution in [1.82, 2.24) is 4.98 Å². The third-order valence-electron chi connectivity index (χ3n) is 2.34. The van der Waals surface area contributed by atoms with Crippen LogP contribution in [0.1, 0.15) is 12.5 Å². The van der Waals surface area contributed by atoms with Crippen molar-refractivity contribution in [3.8, 4) is 6.07 Å². The highest BCUT2D eigenvalue weighted by atomic mass is 16.1. The van der Waals surface area contributed by atoms with Gasteiger partial charge in [-0.2, -0.15) is 5.26 Å². The molecule has 1 amide bonds. The average molecular weight is 225 g/mol. The van der Waals surface area contributed by atoms with Crippen LogP contribution in [0.25, 0.3) is 10.9 Å². The van der Waals surface area contributed by atoms with Crippen molar-refractivity contribution in [2.45, 2.75) is 13.3 Å². The number of pyridine rings is 1. The van der Waals surface area contributed by atoms with Crippen molar-refractivity contribution in [3.63, 3.8) is 0 Å². The molecule has 1 heterocycles. The highest BCUT2D eigenvalue weighted by Gasteiger charge is 2.01. The molecular weight excluding hydrogens is 214 g/mol. The smallest absolute Gasteiger partial charge is 0.222 e. The molecule has 1 aromatic heterocycles. The Bertz CT molecular complexity index is 614. The summed E-state index contributed by atoms with van der Waals surface area (Å²) in [5.41, 5.74) is 1.71. The molecule has 0 atom stereocenters. The Morgan fingerprint density at radius 1 is 1.41 bits per heavy atom. The van der Waals surface area contributed by atoms with Crippen LogP contribution in [0, 0.1) is 11.3 Å². The Morgan fingerprint density at radius 3 is 2.88 bits per heavy atom. The summed E-state index contributed by atoms with van der Waals surface area (Å²) in [7, 11) is 0. The van der Waals surface area contributed by atoms with Crippen molar-refractivity contribution in [2.75, 3.05) is 5.32 Å². The van der Waals surface area contributed by atoms with Crippen LogP contribution in [0.5, 0.6) is 0 Å². The van der Waals surface area contributed by atoms with Crippen LogP contribution in [0.3, 0.4) is 0 Å². The molecule has 0 fully saturated rings. The second-order valence-corrected chi connectivity index (χ2v) is 3.74. The fourth-order valence-corrected chi connectivity index (χ4v) is 1.61. The number of carbonyl (C=O) groups excluding carboxylic acids is 1. The molecule has 0 aliphatic rings. The standard InChI is InChI=1S/C13H11N3O/c1-9(17)15-13-5-4-11-3-2-10(6-7-14)8-12(11)16-13/h2-5,8H,6H2,1H3,(H,15,16,17). The van der Waals surface area contributed by atoms with Gasteiger partial charge in [-0.25, -0.2) is 4.98 Å². The topological polar surface area (TPSA) is 65.8 Å². The van der Waals surface area contributed by atoms with Crippen molar-refractivity contribution < 1.29 is 4.79 Å². The summed E-state index contributed by atoms with van der Waals surface area (Å²) in [6.07, 6.45) is 0.363. The molecule has 4 heteroatoms. The minimum absolute atomic E-state index is 0.148. The molecule has 2 rings (SSSR count). The lowest BCUT2D eigenvalue weighted by atomic mass is 10.1. The maximum absolute atomic E-state index is 10.9. The summed E-state index contributed by atoms with van der Waals surface area (Å²) in [5.74, 6) is 0.379. The monoisotopic (exact) mass is 225 g/mol. The van der Waals surface area contributed by atoms with E-state index in [-0.39, 0.29) is 5.91 Å². The van der Waals surface area contributed by atoms with Crippen LogP contribution in [-0.4, -0.2) is 10.9 Å². The Labute approximate surface area is 98.9 Å². The van der Waals surface area contributed by atoms with Gasteiger partial charge in [0.05, 0.1) is 18.0 Å². The minimum atomic E-state index is -0.148. The number of benzene rings is 1. The van der Waals surface area contributed by atoms with Gasteiger partial charge in [-0.1, -0.05) is 12.1 Å². The number of hydrogen-bond acceptors (Lipinski definition) is 3. The largest absolute Gasteiger partial charge is 0.311 e. The molecule has 0 spiro atoms. The first-order chi connectivity index (χ1) is 8.19. The van der Waals surface area contributed by atoms with Gasteiger partial charge in [0.2, 0.25) is 5.91 Å². The Morgan fingerprint density at radius 2 is 2.18 bits per heavy atom. The zero-order chi connectivity index (χ0) is 12.3. The molecular formula is C13H11N3O. The first kappa shape index (κ1) is 11.1. The van der Waals surface area contributed by atoms with Gasteiger partial charge >= 0.3 is 0 Å². The lowest BCUT2D eigenvalue weighted by Gasteiger charge is -2.04. The average Bonchev–Trinajstić information content (AvgIpc) is 2.28. The van der Waals surface area contributed by atoms with E-state index in [2.05, 4.69) is 16.4 Å². The second-order valence-electron chi connectivity index (χ2n) is 3.74. The number of rotatable bonds is 2. The number of nitrogens with zero attached hydrogens (tertiary/aromatic N) is 2. The molecule has 0 unspecified atom stereocenters. The van der Waals surface area contributed by atoms with Crippen LogP contribution in [0.15, 0.2) is 30.3 Å². The summed E-state index contributed by atoms with van der Waals surface area (Å²) in [4.78, 5) is 15.2. The van der Waals surface area contributed by atoms with Crippen molar-refractivity contribution in [3.05, 3.63) is 35.9 Å². The Kier molecular flexibility index (Phi) is 3.01. The summed E-state index contributed by atoms with van der Waals surface area (Å²) in [6, 6.07) is 11.4. The number of aromatic nitrogens is 1. The van der Waals surface area contributed by atoms with Crippen LogP contribution in [-0.2, 0) is 11.2 Å². The van der Waals surface area contributed by atoms with Gasteiger partial charge in [0.15, 0.2) is 0 Å². The summed E-state index contributed by atoms with van der Waals surface area (Å²) >= 11 is 0. The maximum atomic E-state index is 10.9. The van der Waals surface area contributed by atoms with Gasteiger partial charge in [-0.05, 0) is 23.8 Å². The summed E-state index contributed by atoms with van der Waals surface area (Å²) < 4.78 is 0. The number of nitriles is 1. The molecule has 0 radical (unpaired) electrons. The second kappa shape index (κ2) is 4.62. The number of hydrogen-bond donors (Lipinski definition) is 1. The van der Waals surface area contributed by atoms with Crippen LogP contribution >= 0.6 is 0 Å². The van der Waals surface area contributed by atoms with E-state index < -0.39 is 0 Å². The normalized spacial score (nSPS) is 9.88. The van der Waals surface area contributed by atoms with E-state index in [9.17, 15) is 4.79 Å². The van der Waals surface area contributed by atoms with Gasteiger partial charge in [0.1, 0.15) is 5.82 Å². The fraction of sp³-hybridized carbons (Fsp3) is 0.154. The fourth-order valence-electron chi connectivity index (χ4n) is 1.61. The number of fused-ring (bicyclic) bond motifs is 1. The van der Waals surface area contributed by atoms with Gasteiger partial charge in [-0.15, -0.1) is 0 Å². The van der Waals surface area contributed by atoms with E-state index >= 15 is 0 Å². The molecule has 0 aliphatic heterocycles. The molecule has 0 bridgehead atoms. The molecule has 0 aliphatic carbocycles. The van der Waals surface area contributed by atoms with E-state index in [1.165, 1.54) is 6.92 Å². The quantitative estimate of drug-likeness (QED) is 0.852. The van der Waals surface area contributed by atoms with Crippen LogP contribution < -0.4 is 5.32 Å². The predicted octanol–water partition coefficient (Wildman–Crippen LogP) is 2.26. The van der Waals surface area contributed by atoms with Gasteiger partial charge in [0, 0.05) is 12.3 Å². The molecule has 17 heavy (non-hydrogen) atoms. The predicted molar refractivity (Wildman–Crippen MR) is 65.4 cm³/mol. The van der Waals surface area contributed by atoms with Gasteiger partial charge in [0.25, 0.3) is 0 Å². The first-order valence-corrected chi connectivity index (χ1v) is 5.23. The van der Waals surface area contributed by atoms with Gasteiger partial charge in [-0.3, -0.25) is 4.79 Å².